The molecule has 178 valence electrons. The number of nitrogens with two attached hydrogens (primary N) is 1. The molecule has 0 spiro atoms. The van der Waals surface area contributed by atoms with E-state index in [-0.39, 0.29) is 11.4 Å². The van der Waals surface area contributed by atoms with Gasteiger partial charge in [0.25, 0.3) is 11.8 Å². The number of methoxy groups -OCH3 is 1. The number of aromatic nitrogens is 1. The number of alkyl halides is 3. The van der Waals surface area contributed by atoms with Crippen LogP contribution >= 0.6 is 0 Å². The Morgan fingerprint density at radius 2 is 2.00 bits per heavy atom. The summed E-state index contributed by atoms with van der Waals surface area (Å²) in [4.78, 5) is 28.2. The molecule has 12 heteroatoms. The lowest BCUT2D eigenvalue weighted by Crippen LogP contribution is -2.47. The second kappa shape index (κ2) is 8.58. The molecule has 2 heterocycles. The smallest absolute Gasteiger partial charge is 0.417 e. The number of carbonyl (C=O) groups excluding carboxylic acids is 2. The predicted molar refractivity (Wildman–Crippen MR) is 106 cm³/mol. The fraction of sp³-hybridized carbons (Fsp3) is 0.381. The van der Waals surface area contributed by atoms with Crippen molar-refractivity contribution < 1.29 is 45.1 Å². The number of primary amides is 1. The molecule has 33 heavy (non-hydrogen) atoms. The van der Waals surface area contributed by atoms with Crippen molar-refractivity contribution in [1.29, 1.82) is 0 Å². The number of benzene rings is 1. The van der Waals surface area contributed by atoms with Crippen LogP contribution in [-0.4, -0.2) is 41.7 Å². The van der Waals surface area contributed by atoms with E-state index in [1.807, 2.05) is 0 Å². The number of halogens is 5. The van der Waals surface area contributed by atoms with Crippen LogP contribution in [0.4, 0.5) is 27.6 Å². The predicted octanol–water partition coefficient (Wildman–Crippen LogP) is 3.55. The summed E-state index contributed by atoms with van der Waals surface area (Å²) in [6.07, 6.45) is -5.87. The highest BCUT2D eigenvalue weighted by atomic mass is 19.4. The number of hydrogen-bond acceptors (Lipinski definition) is 5. The Hall–Kier alpha value is -3.28. The van der Waals surface area contributed by atoms with Crippen molar-refractivity contribution in [2.45, 2.75) is 37.6 Å². The number of carbonyl (C=O) groups is 2. The molecule has 0 bridgehead atoms. The highest BCUT2D eigenvalue weighted by Gasteiger charge is 2.65. The summed E-state index contributed by atoms with van der Waals surface area (Å²) in [5.74, 6) is -9.76. The van der Waals surface area contributed by atoms with E-state index < -0.39 is 71.5 Å². The maximum atomic E-state index is 14.6. The molecule has 0 saturated carbocycles. The van der Waals surface area contributed by atoms with Gasteiger partial charge in [0.05, 0.1) is 11.2 Å². The third kappa shape index (κ3) is 4.22. The third-order valence-corrected chi connectivity index (χ3v) is 5.75. The van der Waals surface area contributed by atoms with Gasteiger partial charge in [-0.3, -0.25) is 14.6 Å². The Morgan fingerprint density at radius 3 is 2.61 bits per heavy atom. The van der Waals surface area contributed by atoms with Crippen LogP contribution in [0.5, 0.6) is 5.75 Å². The van der Waals surface area contributed by atoms with Crippen LogP contribution < -0.4 is 15.8 Å². The van der Waals surface area contributed by atoms with Crippen molar-refractivity contribution in [2.75, 3.05) is 12.4 Å². The van der Waals surface area contributed by atoms with E-state index >= 15 is 0 Å². The van der Waals surface area contributed by atoms with Gasteiger partial charge in [-0.25, -0.2) is 4.39 Å². The number of hydrogen-bond donors (Lipinski definition) is 2. The number of anilines is 1. The topological polar surface area (TPSA) is 104 Å². The molecule has 0 unspecified atom stereocenters. The average molecular weight is 476 g/mol. The van der Waals surface area contributed by atoms with Crippen LogP contribution in [0.2, 0.25) is 0 Å². The number of ether oxygens (including phenoxy) is 2. The lowest BCUT2D eigenvalue weighted by Gasteiger charge is -2.32. The quantitative estimate of drug-likeness (QED) is 0.643. The number of pyridine rings is 1. The Labute approximate surface area is 189 Å². The van der Waals surface area contributed by atoms with Crippen molar-refractivity contribution in [3.63, 3.8) is 0 Å². The molecule has 2 aromatic rings. The van der Waals surface area contributed by atoms with Gasteiger partial charge >= 0.3 is 6.18 Å². The number of nitrogens with zero attached hydrogens (tertiary/aromatic N) is 1. The SMILES string of the molecule is [2H]C([2H])([2H])Oc1c([C@H]2[C@@H](C(=O)Nc3ccnc(C(N)=O)c3)O[C@@](C)(C(F)(F)F)[C@@H]2C)ccc(F)c1F. The summed E-state index contributed by atoms with van der Waals surface area (Å²) in [7, 11) is -3.29. The van der Waals surface area contributed by atoms with Crippen LogP contribution in [0.25, 0.3) is 0 Å². The van der Waals surface area contributed by atoms with Crippen LogP contribution in [-0.2, 0) is 9.53 Å². The van der Waals surface area contributed by atoms with Gasteiger partial charge in [-0.2, -0.15) is 17.6 Å². The van der Waals surface area contributed by atoms with Gasteiger partial charge < -0.3 is 20.5 Å². The molecule has 1 saturated heterocycles. The summed E-state index contributed by atoms with van der Waals surface area (Å²) in [5.41, 5.74) is 1.36. The molecule has 0 radical (unpaired) electrons. The first-order valence-electron chi connectivity index (χ1n) is 10.9. The highest BCUT2D eigenvalue weighted by molar-refractivity contribution is 5.97. The lowest BCUT2D eigenvalue weighted by atomic mass is 9.77. The summed E-state index contributed by atoms with van der Waals surface area (Å²) in [5, 5.41) is 2.28. The van der Waals surface area contributed by atoms with E-state index in [0.717, 1.165) is 25.3 Å². The average Bonchev–Trinajstić information content (AvgIpc) is 3.03. The van der Waals surface area contributed by atoms with Crippen LogP contribution in [0, 0.1) is 17.6 Å². The number of amides is 2. The van der Waals surface area contributed by atoms with E-state index in [4.69, 9.17) is 14.6 Å². The molecule has 1 aromatic carbocycles. The summed E-state index contributed by atoms with van der Waals surface area (Å²) in [6.45, 7) is 1.75. The molecule has 1 aliphatic heterocycles. The van der Waals surface area contributed by atoms with Gasteiger partial charge in [0, 0.05) is 29.3 Å². The molecular weight excluding hydrogens is 453 g/mol. The van der Waals surface area contributed by atoms with E-state index in [1.165, 1.54) is 6.07 Å². The zero-order chi connectivity index (χ0) is 27.2. The molecule has 2 amide bonds. The van der Waals surface area contributed by atoms with Gasteiger partial charge in [0.1, 0.15) is 11.8 Å². The maximum Gasteiger partial charge on any atom is 0.417 e. The van der Waals surface area contributed by atoms with E-state index in [0.29, 0.717) is 13.0 Å². The van der Waals surface area contributed by atoms with Gasteiger partial charge in [-0.05, 0) is 25.1 Å². The van der Waals surface area contributed by atoms with Crippen molar-refractivity contribution >= 4 is 17.5 Å². The molecule has 3 rings (SSSR count). The first kappa shape index (κ1) is 20.3. The summed E-state index contributed by atoms with van der Waals surface area (Å²) in [6, 6.07) is 3.70. The minimum Gasteiger partial charge on any atom is -0.493 e. The molecular formula is C21H20F5N3O4. The van der Waals surface area contributed by atoms with Crippen molar-refractivity contribution in [2.24, 2.45) is 11.7 Å². The lowest BCUT2D eigenvalue weighted by molar-refractivity contribution is -0.272. The van der Waals surface area contributed by atoms with E-state index in [1.54, 1.807) is 0 Å². The van der Waals surface area contributed by atoms with Gasteiger partial charge in [0.2, 0.25) is 5.82 Å². The number of nitrogens with one attached hydrogen (secondary N) is 1. The zero-order valence-electron chi connectivity index (χ0n) is 20.2. The monoisotopic (exact) mass is 476 g/mol. The van der Waals surface area contributed by atoms with Crippen LogP contribution in [0.15, 0.2) is 30.5 Å². The fourth-order valence-corrected chi connectivity index (χ4v) is 3.79. The molecule has 1 aliphatic rings. The Bertz CT molecular complexity index is 1190. The molecule has 4 atom stereocenters. The normalized spacial score (nSPS) is 26.8. The molecule has 0 aliphatic carbocycles. The second-order valence-corrected chi connectivity index (χ2v) is 7.62. The summed E-state index contributed by atoms with van der Waals surface area (Å²) >= 11 is 0. The zero-order valence-corrected chi connectivity index (χ0v) is 17.2. The maximum absolute atomic E-state index is 14.6. The Morgan fingerprint density at radius 1 is 1.30 bits per heavy atom. The fourth-order valence-electron chi connectivity index (χ4n) is 3.79. The second-order valence-electron chi connectivity index (χ2n) is 7.62. The van der Waals surface area contributed by atoms with Gasteiger partial charge in [-0.1, -0.05) is 13.0 Å². The van der Waals surface area contributed by atoms with Gasteiger partial charge in [0.15, 0.2) is 17.2 Å². The Balaban J connectivity index is 2.12. The highest BCUT2D eigenvalue weighted by Crippen LogP contribution is 2.55. The van der Waals surface area contributed by atoms with E-state index in [9.17, 15) is 31.5 Å². The Kier molecular flexibility index (Phi) is 5.29. The van der Waals surface area contributed by atoms with Crippen LogP contribution in [0.1, 0.15) is 39.9 Å². The molecule has 3 N–H and O–H groups in total. The van der Waals surface area contributed by atoms with Crippen molar-refractivity contribution in [1.82, 2.24) is 4.98 Å². The van der Waals surface area contributed by atoms with Crippen LogP contribution in [0.3, 0.4) is 0 Å². The van der Waals surface area contributed by atoms with E-state index in [2.05, 4.69) is 15.0 Å². The largest absolute Gasteiger partial charge is 0.493 e. The van der Waals surface area contributed by atoms with Crippen molar-refractivity contribution in [3.05, 3.63) is 53.4 Å². The first-order valence-corrected chi connectivity index (χ1v) is 9.44. The van der Waals surface area contributed by atoms with Crippen molar-refractivity contribution in [3.8, 4) is 5.75 Å². The first-order chi connectivity index (χ1) is 16.5. The summed E-state index contributed by atoms with van der Waals surface area (Å²) < 4.78 is 102. The minimum absolute atomic E-state index is 0.0660. The minimum atomic E-state index is -5.01. The molecule has 1 fully saturated rings. The third-order valence-electron chi connectivity index (χ3n) is 5.75. The standard InChI is InChI=1S/C21H20F5N3O4/c1-9-14(11-4-5-12(22)15(23)16(11)32-3)17(33-20(9,2)21(24,25)26)19(31)29-10-6-7-28-13(8-10)18(27)30/h4-9,14,17H,1-3H3,(H2,27,30)(H,28,29,31)/t9-,14+,17+,20-/m1/s1/i3D3. The molecule has 1 aromatic heterocycles. The van der Waals surface area contributed by atoms with Gasteiger partial charge in [-0.15, -0.1) is 0 Å². The number of rotatable bonds is 5. The molecule has 7 nitrogen and oxygen atoms in total.